The Balaban J connectivity index is 1.70. The van der Waals surface area contributed by atoms with Gasteiger partial charge in [0.2, 0.25) is 0 Å². The summed E-state index contributed by atoms with van der Waals surface area (Å²) >= 11 is 6.15. The second-order valence-corrected chi connectivity index (χ2v) is 7.87. The van der Waals surface area contributed by atoms with Crippen LogP contribution in [0.2, 0.25) is 5.02 Å². The van der Waals surface area contributed by atoms with Gasteiger partial charge in [0.15, 0.2) is 0 Å². The number of carbonyl (C=O) groups is 1. The predicted octanol–water partition coefficient (Wildman–Crippen LogP) is 5.77. The number of carbonyl (C=O) groups excluding carboxylic acids is 1. The number of aromatic nitrogens is 1. The first kappa shape index (κ1) is 24.9. The molecule has 0 spiro atoms. The molecule has 1 aromatic carbocycles. The molecule has 1 saturated heterocycles. The van der Waals surface area contributed by atoms with Crippen LogP contribution in [0.15, 0.2) is 42.6 Å². The number of rotatable bonds is 3. The highest BCUT2D eigenvalue weighted by Crippen LogP contribution is 2.53. The Hall–Kier alpha value is -2.76. The van der Waals surface area contributed by atoms with Crippen molar-refractivity contribution >= 4 is 29.1 Å². The lowest BCUT2D eigenvalue weighted by Crippen LogP contribution is -2.55. The lowest BCUT2D eigenvalue weighted by Gasteiger charge is -2.40. The summed E-state index contributed by atoms with van der Waals surface area (Å²) in [6.07, 6.45) is -10.8. The van der Waals surface area contributed by atoms with Crippen molar-refractivity contribution < 1.29 is 35.5 Å². The van der Waals surface area contributed by atoms with Crippen molar-refractivity contribution in [2.45, 2.75) is 31.0 Å². The van der Waals surface area contributed by atoms with Gasteiger partial charge in [0.1, 0.15) is 5.82 Å². The smallest absolute Gasteiger partial charge is 0.352 e. The van der Waals surface area contributed by atoms with Crippen LogP contribution in [-0.4, -0.2) is 53.9 Å². The molecule has 0 aliphatic carbocycles. The number of amides is 2. The van der Waals surface area contributed by atoms with E-state index in [1.807, 2.05) is 4.90 Å². The molecular weight excluding hydrogens is 481 g/mol. The summed E-state index contributed by atoms with van der Waals surface area (Å²) in [6.45, 7) is 2.81. The minimum atomic E-state index is -6.21. The zero-order valence-corrected chi connectivity index (χ0v) is 17.8. The standard InChI is InChI=1S/C20H18ClF7N4O/c1-12-11-31(16-15(21)3-2-8-29-16)9-10-32(12)17(33)30-14-6-4-13(5-7-14)18(22,19(23,24)25)20(26,27)28/h2-8,12H,9-11H2,1H3,(H,30,33). The van der Waals surface area contributed by atoms with E-state index in [2.05, 4.69) is 10.3 Å². The van der Waals surface area contributed by atoms with Crippen LogP contribution in [0, 0.1) is 0 Å². The number of benzene rings is 1. The van der Waals surface area contributed by atoms with Crippen molar-refractivity contribution in [2.75, 3.05) is 29.9 Å². The Morgan fingerprint density at radius 3 is 2.15 bits per heavy atom. The fourth-order valence-corrected chi connectivity index (χ4v) is 3.77. The van der Waals surface area contributed by atoms with E-state index < -0.39 is 29.6 Å². The number of anilines is 2. The number of urea groups is 1. The molecule has 5 nitrogen and oxygen atoms in total. The quantitative estimate of drug-likeness (QED) is 0.547. The first-order valence-corrected chi connectivity index (χ1v) is 9.99. The van der Waals surface area contributed by atoms with Crippen LogP contribution in [0.5, 0.6) is 0 Å². The summed E-state index contributed by atoms with van der Waals surface area (Å²) in [6, 6.07) is 4.70. The summed E-state index contributed by atoms with van der Waals surface area (Å²) in [7, 11) is 0. The van der Waals surface area contributed by atoms with Crippen molar-refractivity contribution in [3.63, 3.8) is 0 Å². The Kier molecular flexibility index (Phi) is 6.69. The summed E-state index contributed by atoms with van der Waals surface area (Å²) in [5.41, 5.74) is -7.24. The van der Waals surface area contributed by atoms with E-state index in [4.69, 9.17) is 11.6 Å². The fourth-order valence-electron chi connectivity index (χ4n) is 3.53. The van der Waals surface area contributed by atoms with Gasteiger partial charge in [-0.2, -0.15) is 26.3 Å². The molecule has 1 aliphatic heterocycles. The monoisotopic (exact) mass is 498 g/mol. The van der Waals surface area contributed by atoms with Crippen LogP contribution >= 0.6 is 11.6 Å². The van der Waals surface area contributed by atoms with Gasteiger partial charge in [-0.1, -0.05) is 23.7 Å². The number of hydrogen-bond acceptors (Lipinski definition) is 3. The minimum absolute atomic E-state index is 0.0853. The molecule has 13 heteroatoms. The van der Waals surface area contributed by atoms with Crippen LogP contribution in [0.1, 0.15) is 12.5 Å². The van der Waals surface area contributed by atoms with Crippen LogP contribution in [0.3, 0.4) is 0 Å². The Morgan fingerprint density at radius 1 is 1.03 bits per heavy atom. The second kappa shape index (κ2) is 8.88. The number of hydrogen-bond donors (Lipinski definition) is 1. The molecule has 2 heterocycles. The molecule has 1 aliphatic rings. The summed E-state index contributed by atoms with van der Waals surface area (Å²) in [4.78, 5) is 20.2. The van der Waals surface area contributed by atoms with Gasteiger partial charge in [-0.15, -0.1) is 0 Å². The summed E-state index contributed by atoms with van der Waals surface area (Å²) in [5.74, 6) is 0.561. The van der Waals surface area contributed by atoms with E-state index in [1.165, 1.54) is 4.90 Å². The number of alkyl halides is 7. The molecule has 0 bridgehead atoms. The van der Waals surface area contributed by atoms with Gasteiger partial charge in [0.25, 0.3) is 0 Å². The lowest BCUT2D eigenvalue weighted by atomic mass is 9.94. The Morgan fingerprint density at radius 2 is 1.64 bits per heavy atom. The highest BCUT2D eigenvalue weighted by atomic mass is 35.5. The maximum Gasteiger partial charge on any atom is 0.435 e. The van der Waals surface area contributed by atoms with Crippen molar-refractivity contribution in [2.24, 2.45) is 0 Å². The van der Waals surface area contributed by atoms with Gasteiger partial charge in [-0.25, -0.2) is 14.2 Å². The molecule has 33 heavy (non-hydrogen) atoms. The molecular formula is C20H18ClF7N4O. The van der Waals surface area contributed by atoms with Gasteiger partial charge in [0.05, 0.1) is 5.02 Å². The zero-order valence-electron chi connectivity index (χ0n) is 17.0. The van der Waals surface area contributed by atoms with Gasteiger partial charge < -0.3 is 15.1 Å². The number of nitrogens with zero attached hydrogens (tertiary/aromatic N) is 3. The maximum absolute atomic E-state index is 14.1. The van der Waals surface area contributed by atoms with E-state index in [-0.39, 0.29) is 18.3 Å². The van der Waals surface area contributed by atoms with Crippen molar-refractivity contribution in [1.82, 2.24) is 9.88 Å². The average Bonchev–Trinajstić information content (AvgIpc) is 2.72. The third kappa shape index (κ3) is 4.80. The average molecular weight is 499 g/mol. The second-order valence-electron chi connectivity index (χ2n) is 7.46. The third-order valence-electron chi connectivity index (χ3n) is 5.24. The van der Waals surface area contributed by atoms with Gasteiger partial charge in [0, 0.05) is 43.1 Å². The topological polar surface area (TPSA) is 48.5 Å². The highest BCUT2D eigenvalue weighted by Gasteiger charge is 2.73. The van der Waals surface area contributed by atoms with Crippen LogP contribution < -0.4 is 10.2 Å². The zero-order chi connectivity index (χ0) is 24.6. The Bertz CT molecular complexity index is 983. The van der Waals surface area contributed by atoms with E-state index in [1.54, 1.807) is 25.3 Å². The van der Waals surface area contributed by atoms with Crippen molar-refractivity contribution in [3.05, 3.63) is 53.2 Å². The first-order chi connectivity index (χ1) is 15.3. The van der Waals surface area contributed by atoms with Crippen molar-refractivity contribution in [3.8, 4) is 0 Å². The molecule has 1 fully saturated rings. The van der Waals surface area contributed by atoms with E-state index in [0.717, 1.165) is 12.1 Å². The van der Waals surface area contributed by atoms with Gasteiger partial charge in [-0.05, 0) is 31.2 Å². The molecule has 1 atom stereocenters. The van der Waals surface area contributed by atoms with Crippen molar-refractivity contribution in [1.29, 1.82) is 0 Å². The van der Waals surface area contributed by atoms with E-state index in [9.17, 15) is 35.5 Å². The largest absolute Gasteiger partial charge is 0.435 e. The van der Waals surface area contributed by atoms with Gasteiger partial charge in [-0.3, -0.25) is 0 Å². The molecule has 1 N–H and O–H groups in total. The molecule has 1 aromatic heterocycles. The lowest BCUT2D eigenvalue weighted by molar-refractivity contribution is -0.348. The molecule has 0 saturated carbocycles. The molecule has 0 radical (unpaired) electrons. The van der Waals surface area contributed by atoms with E-state index >= 15 is 0 Å². The fraction of sp³-hybridized carbons (Fsp3) is 0.400. The Labute approximate surface area is 189 Å². The summed E-state index contributed by atoms with van der Waals surface area (Å²) in [5, 5.41) is 2.85. The molecule has 3 rings (SSSR count). The molecule has 2 aromatic rings. The number of nitrogens with one attached hydrogen (secondary N) is 1. The molecule has 2 amide bonds. The number of halogens is 8. The van der Waals surface area contributed by atoms with E-state index in [0.29, 0.717) is 36.1 Å². The highest BCUT2D eigenvalue weighted by molar-refractivity contribution is 6.32. The first-order valence-electron chi connectivity index (χ1n) is 9.61. The molecule has 1 unspecified atom stereocenters. The number of pyridine rings is 1. The number of piperazine rings is 1. The summed E-state index contributed by atoms with van der Waals surface area (Å²) < 4.78 is 91.4. The minimum Gasteiger partial charge on any atom is -0.352 e. The van der Waals surface area contributed by atoms with Crippen LogP contribution in [0.25, 0.3) is 0 Å². The predicted molar refractivity (Wildman–Crippen MR) is 108 cm³/mol. The van der Waals surface area contributed by atoms with Crippen LogP contribution in [-0.2, 0) is 5.67 Å². The molecule has 180 valence electrons. The van der Waals surface area contributed by atoms with Crippen LogP contribution in [0.4, 0.5) is 47.0 Å². The normalized spacial score (nSPS) is 17.8. The maximum atomic E-state index is 14.1. The van der Waals surface area contributed by atoms with Gasteiger partial charge >= 0.3 is 24.1 Å². The third-order valence-corrected chi connectivity index (χ3v) is 5.54. The SMILES string of the molecule is CC1CN(c2ncccc2Cl)CCN1C(=O)Nc1ccc(C(F)(C(F)(F)F)C(F)(F)F)cc1.